The third-order valence-electron chi connectivity index (χ3n) is 5.23. The van der Waals surface area contributed by atoms with Crippen LogP contribution in [-0.2, 0) is 17.6 Å². The van der Waals surface area contributed by atoms with E-state index in [-0.39, 0.29) is 11.8 Å². The smallest absolute Gasteiger partial charge is 0.134 e. The van der Waals surface area contributed by atoms with Crippen LogP contribution < -0.4 is 11.5 Å². The van der Waals surface area contributed by atoms with E-state index in [1.54, 1.807) is 0 Å². The fourth-order valence-electron chi connectivity index (χ4n) is 3.54. The summed E-state index contributed by atoms with van der Waals surface area (Å²) < 4.78 is 0. The van der Waals surface area contributed by atoms with Crippen LogP contribution in [0, 0.1) is 5.92 Å². The van der Waals surface area contributed by atoms with Gasteiger partial charge in [0.05, 0.1) is 0 Å². The highest BCUT2D eigenvalue weighted by atomic mass is 16.1. The molecule has 0 aromatic heterocycles. The number of rotatable bonds is 13. The van der Waals surface area contributed by atoms with Crippen LogP contribution in [0.5, 0.6) is 0 Å². The lowest BCUT2D eigenvalue weighted by atomic mass is 9.88. The zero-order chi connectivity index (χ0) is 19.3. The number of aryl methyl sites for hydroxylation is 2. The summed E-state index contributed by atoms with van der Waals surface area (Å²) in [6.07, 6.45) is 7.15. The molecule has 0 amide bonds. The summed E-state index contributed by atoms with van der Waals surface area (Å²) in [6, 6.07) is 21.1. The number of benzene rings is 2. The van der Waals surface area contributed by atoms with E-state index in [0.29, 0.717) is 25.3 Å². The Morgan fingerprint density at radius 3 is 1.78 bits per heavy atom. The molecule has 0 unspecified atom stereocenters. The molecule has 2 aromatic carbocycles. The van der Waals surface area contributed by atoms with Gasteiger partial charge in [-0.3, -0.25) is 4.79 Å². The predicted molar refractivity (Wildman–Crippen MR) is 114 cm³/mol. The second-order valence-electron chi connectivity index (χ2n) is 7.53. The SMILES string of the molecule is NCC[C@H](N)CC(=O)CCC(CCc1ccccc1)CCc1ccccc1. The summed E-state index contributed by atoms with van der Waals surface area (Å²) in [5.41, 5.74) is 14.2. The fourth-order valence-corrected chi connectivity index (χ4v) is 3.54. The van der Waals surface area contributed by atoms with Crippen LogP contribution in [0.15, 0.2) is 60.7 Å². The van der Waals surface area contributed by atoms with Crippen LogP contribution in [-0.4, -0.2) is 18.4 Å². The molecule has 3 heteroatoms. The monoisotopic (exact) mass is 366 g/mol. The number of carbonyl (C=O) groups is 1. The van der Waals surface area contributed by atoms with Gasteiger partial charge in [0.25, 0.3) is 0 Å². The first-order valence-electron chi connectivity index (χ1n) is 10.2. The molecule has 0 spiro atoms. The average molecular weight is 367 g/mol. The van der Waals surface area contributed by atoms with E-state index < -0.39 is 0 Å². The minimum Gasteiger partial charge on any atom is -0.330 e. The molecule has 0 bridgehead atoms. The van der Waals surface area contributed by atoms with E-state index in [0.717, 1.165) is 38.5 Å². The van der Waals surface area contributed by atoms with Crippen molar-refractivity contribution in [3.05, 3.63) is 71.8 Å². The molecule has 0 aliphatic rings. The first kappa shape index (κ1) is 21.3. The number of ketones is 1. The first-order chi connectivity index (χ1) is 13.2. The lowest BCUT2D eigenvalue weighted by Crippen LogP contribution is -2.26. The minimum atomic E-state index is -0.0883. The van der Waals surface area contributed by atoms with Gasteiger partial charge in [-0.05, 0) is 62.1 Å². The summed E-state index contributed by atoms with van der Waals surface area (Å²) in [5, 5.41) is 0. The Hall–Kier alpha value is -1.97. The van der Waals surface area contributed by atoms with E-state index in [4.69, 9.17) is 11.5 Å². The molecule has 146 valence electrons. The molecule has 3 nitrogen and oxygen atoms in total. The van der Waals surface area contributed by atoms with Crippen LogP contribution >= 0.6 is 0 Å². The molecule has 0 fully saturated rings. The minimum absolute atomic E-state index is 0.0883. The average Bonchev–Trinajstić information content (AvgIpc) is 2.69. The summed E-state index contributed by atoms with van der Waals surface area (Å²) in [4.78, 5) is 12.3. The van der Waals surface area contributed by atoms with Gasteiger partial charge < -0.3 is 11.5 Å². The lowest BCUT2D eigenvalue weighted by molar-refractivity contribution is -0.119. The standard InChI is InChI=1S/C24H34N2O/c25-18-17-23(26)19-24(27)16-15-22(13-11-20-7-3-1-4-8-20)14-12-21-9-5-2-6-10-21/h1-10,22-23H,11-19,25-26H2/t23-/m0/s1. The molecule has 0 aliphatic heterocycles. The molecule has 27 heavy (non-hydrogen) atoms. The van der Waals surface area contributed by atoms with Gasteiger partial charge in [0, 0.05) is 18.9 Å². The highest BCUT2D eigenvalue weighted by Gasteiger charge is 2.14. The van der Waals surface area contributed by atoms with Crippen molar-refractivity contribution in [1.82, 2.24) is 0 Å². The topological polar surface area (TPSA) is 69.1 Å². The van der Waals surface area contributed by atoms with Gasteiger partial charge >= 0.3 is 0 Å². The van der Waals surface area contributed by atoms with Gasteiger partial charge in [-0.1, -0.05) is 60.7 Å². The molecule has 1 atom stereocenters. The number of nitrogens with two attached hydrogens (primary N) is 2. The number of Topliss-reactive ketones (excluding diaryl/α,β-unsaturated/α-hetero) is 1. The number of hydrogen-bond donors (Lipinski definition) is 2. The van der Waals surface area contributed by atoms with Gasteiger partial charge in [-0.25, -0.2) is 0 Å². The Bertz CT molecular complexity index is 598. The quantitative estimate of drug-likeness (QED) is 0.556. The summed E-state index contributed by atoms with van der Waals surface area (Å²) in [5.74, 6) is 0.834. The molecule has 0 saturated heterocycles. The molecule has 2 rings (SSSR count). The molecule has 4 N–H and O–H groups in total. The highest BCUT2D eigenvalue weighted by molar-refractivity contribution is 5.78. The van der Waals surface area contributed by atoms with Gasteiger partial charge in [0.2, 0.25) is 0 Å². The normalized spacial score (nSPS) is 12.3. The zero-order valence-electron chi connectivity index (χ0n) is 16.4. The Morgan fingerprint density at radius 2 is 1.30 bits per heavy atom. The fraction of sp³-hybridized carbons (Fsp3) is 0.458. The van der Waals surface area contributed by atoms with Crippen molar-refractivity contribution in [3.63, 3.8) is 0 Å². The van der Waals surface area contributed by atoms with Crippen LogP contribution in [0.4, 0.5) is 0 Å². The van der Waals surface area contributed by atoms with Crippen molar-refractivity contribution in [3.8, 4) is 0 Å². The van der Waals surface area contributed by atoms with Gasteiger partial charge in [-0.2, -0.15) is 0 Å². The van der Waals surface area contributed by atoms with E-state index in [1.165, 1.54) is 11.1 Å². The summed E-state index contributed by atoms with van der Waals surface area (Å²) in [7, 11) is 0. The van der Waals surface area contributed by atoms with Crippen molar-refractivity contribution in [2.24, 2.45) is 17.4 Å². The second kappa shape index (κ2) is 12.4. The highest BCUT2D eigenvalue weighted by Crippen LogP contribution is 2.22. The van der Waals surface area contributed by atoms with E-state index in [9.17, 15) is 4.79 Å². The first-order valence-corrected chi connectivity index (χ1v) is 10.2. The van der Waals surface area contributed by atoms with Crippen molar-refractivity contribution in [2.75, 3.05) is 6.54 Å². The van der Waals surface area contributed by atoms with Crippen LogP contribution in [0.3, 0.4) is 0 Å². The van der Waals surface area contributed by atoms with Crippen molar-refractivity contribution < 1.29 is 4.79 Å². The van der Waals surface area contributed by atoms with E-state index in [1.807, 2.05) is 0 Å². The molecule has 0 radical (unpaired) electrons. The lowest BCUT2D eigenvalue weighted by Gasteiger charge is -2.17. The third kappa shape index (κ3) is 8.98. The van der Waals surface area contributed by atoms with Crippen LogP contribution in [0.1, 0.15) is 49.7 Å². The van der Waals surface area contributed by atoms with Gasteiger partial charge in [-0.15, -0.1) is 0 Å². The van der Waals surface area contributed by atoms with Gasteiger partial charge in [0.1, 0.15) is 5.78 Å². The largest absolute Gasteiger partial charge is 0.330 e. The summed E-state index contributed by atoms with van der Waals surface area (Å²) >= 11 is 0. The maximum absolute atomic E-state index is 12.3. The Balaban J connectivity index is 1.84. The molecule has 0 aliphatic carbocycles. The molecular weight excluding hydrogens is 332 g/mol. The van der Waals surface area contributed by atoms with Crippen LogP contribution in [0.2, 0.25) is 0 Å². The van der Waals surface area contributed by atoms with Crippen LogP contribution in [0.25, 0.3) is 0 Å². The van der Waals surface area contributed by atoms with Crippen molar-refractivity contribution >= 4 is 5.78 Å². The second-order valence-corrected chi connectivity index (χ2v) is 7.53. The molecule has 0 saturated carbocycles. The Labute approximate surface area is 164 Å². The van der Waals surface area contributed by atoms with Crippen molar-refractivity contribution in [1.29, 1.82) is 0 Å². The molecule has 2 aromatic rings. The van der Waals surface area contributed by atoms with Gasteiger partial charge in [0.15, 0.2) is 0 Å². The van der Waals surface area contributed by atoms with E-state index >= 15 is 0 Å². The molecule has 0 heterocycles. The summed E-state index contributed by atoms with van der Waals surface area (Å²) in [6.45, 7) is 0.547. The maximum atomic E-state index is 12.3. The maximum Gasteiger partial charge on any atom is 0.134 e. The van der Waals surface area contributed by atoms with E-state index in [2.05, 4.69) is 60.7 Å². The number of hydrogen-bond acceptors (Lipinski definition) is 3. The van der Waals surface area contributed by atoms with Crippen molar-refractivity contribution in [2.45, 2.75) is 57.4 Å². The predicted octanol–water partition coefficient (Wildman–Crippen LogP) is 4.28. The molecular formula is C24H34N2O. The zero-order valence-corrected chi connectivity index (χ0v) is 16.4. The Kier molecular flexibility index (Phi) is 9.81. The number of carbonyl (C=O) groups excluding carboxylic acids is 1. The Morgan fingerprint density at radius 1 is 0.778 bits per heavy atom. The third-order valence-corrected chi connectivity index (χ3v) is 5.23.